The molecule has 2 unspecified atom stereocenters. The summed E-state index contributed by atoms with van der Waals surface area (Å²) in [6.45, 7) is 14.2. The maximum Gasteiger partial charge on any atom is 0.414 e. The van der Waals surface area contributed by atoms with Gasteiger partial charge in [0.05, 0.1) is 147 Å². The summed E-state index contributed by atoms with van der Waals surface area (Å²) < 4.78 is 69.2. The fraction of sp³-hybridized carbons (Fsp3) is 0.456. The molecule has 118 heavy (non-hydrogen) atoms. The lowest BCUT2D eigenvalue weighted by molar-refractivity contribution is -0.137. The van der Waals surface area contributed by atoms with Crippen LogP contribution in [0.25, 0.3) is 0 Å². The fourth-order valence-corrected chi connectivity index (χ4v) is 14.1. The summed E-state index contributed by atoms with van der Waals surface area (Å²) in [5, 5.41) is 2.84. The third-order valence-corrected chi connectivity index (χ3v) is 21.0. The second-order valence-electron chi connectivity index (χ2n) is 29.8. The molecule has 0 saturated carbocycles. The standard InChI is InChI=1S/C90H107N7O21/c1-60(2)76(49-75(99)24-27-109-29-31-111-33-35-113-37-39-115-41-40-114-38-36-112-34-32-110-30-28-108-26-11-16-74(98)23-25-95-85(101)21-22-86(95)102)87(103)93-62(4)81(100)46-63-17-19-64(20-18-63)57-118-90(106)94(5)71-44-65(58-116-82-51-79-77(42-61(82)3)88(104)96-55-69-14-9-7-12-67(69)47-72(96)53-91-79)43-66(45-71)59-117-84-52-80-78(50-83(84)107-6)89(105)97-56-70-15-10-8-13-68(70)48-73(97)54-92-80/h7-10,12-15,17-22,42-45,50-54,60,62,72-73,76H,11,16,23-41,46-49,55-59H2,1-6H3,(H,93,103)/t62-,72?,73?,76-/m0/s1. The summed E-state index contributed by atoms with van der Waals surface area (Å²) in [4.78, 5) is 134. The molecule has 5 aliphatic rings. The fourth-order valence-electron chi connectivity index (χ4n) is 14.1. The Kier molecular flexibility index (Phi) is 33.4. The van der Waals surface area contributed by atoms with Gasteiger partial charge in [-0.2, -0.15) is 0 Å². The van der Waals surface area contributed by atoms with Gasteiger partial charge in [0.2, 0.25) is 5.91 Å². The summed E-state index contributed by atoms with van der Waals surface area (Å²) >= 11 is 0. The normalized spacial score (nSPS) is 15.6. The molecule has 28 nitrogen and oxygen atoms in total. The molecule has 0 radical (unpaired) electrons. The van der Waals surface area contributed by atoms with Gasteiger partial charge in [-0.1, -0.05) is 86.6 Å². The van der Waals surface area contributed by atoms with Gasteiger partial charge in [0.25, 0.3) is 23.6 Å². The Balaban J connectivity index is 0.564. The van der Waals surface area contributed by atoms with Crippen LogP contribution < -0.4 is 24.4 Å². The lowest BCUT2D eigenvalue weighted by Gasteiger charge is -2.34. The quantitative estimate of drug-likeness (QED) is 0.0274. The number of Topliss-reactive ketones (excluding diaryl/α,β-unsaturated/α-hetero) is 3. The van der Waals surface area contributed by atoms with Crippen LogP contribution in [0.1, 0.15) is 124 Å². The molecule has 5 aliphatic heterocycles. The Bertz CT molecular complexity index is 4560. The van der Waals surface area contributed by atoms with Crippen molar-refractivity contribution in [3.05, 3.63) is 189 Å². The first-order chi connectivity index (χ1) is 57.3. The predicted octanol–water partition coefficient (Wildman–Crippen LogP) is 10.5. The van der Waals surface area contributed by atoms with Crippen molar-refractivity contribution in [3.8, 4) is 17.2 Å². The van der Waals surface area contributed by atoms with Gasteiger partial charge in [0.15, 0.2) is 17.3 Å². The first kappa shape index (κ1) is 88.1. The molecule has 1 N–H and O–H groups in total. The van der Waals surface area contributed by atoms with E-state index in [2.05, 4.69) is 23.5 Å². The van der Waals surface area contributed by atoms with Gasteiger partial charge in [-0.3, -0.25) is 58.1 Å². The second kappa shape index (κ2) is 44.8. The minimum absolute atomic E-state index is 0.000846. The maximum absolute atomic E-state index is 14.2. The van der Waals surface area contributed by atoms with E-state index in [-0.39, 0.29) is 130 Å². The first-order valence-electron chi connectivity index (χ1n) is 40.4. The number of fused-ring (bicyclic) bond motifs is 6. The van der Waals surface area contributed by atoms with Crippen molar-refractivity contribution >= 4 is 82.5 Å². The molecule has 0 aliphatic carbocycles. The summed E-state index contributed by atoms with van der Waals surface area (Å²) in [6, 6.07) is 34.7. The van der Waals surface area contributed by atoms with Crippen LogP contribution in [0.4, 0.5) is 21.9 Å². The molecule has 0 saturated heterocycles. The van der Waals surface area contributed by atoms with Crippen LogP contribution in [0.3, 0.4) is 0 Å². The molecule has 6 amide bonds. The van der Waals surface area contributed by atoms with Crippen LogP contribution in [0.5, 0.6) is 17.2 Å². The van der Waals surface area contributed by atoms with Crippen molar-refractivity contribution in [3.63, 3.8) is 0 Å². The average Bonchev–Trinajstić information content (AvgIpc) is 1.57. The van der Waals surface area contributed by atoms with E-state index in [9.17, 15) is 43.2 Å². The number of ether oxygens (including phenoxy) is 12. The average molecular weight is 1620 g/mol. The number of amides is 6. The molecular formula is C90H107N7O21. The number of hydrogen-bond donors (Lipinski definition) is 1. The Morgan fingerprint density at radius 2 is 0.983 bits per heavy atom. The van der Waals surface area contributed by atoms with Gasteiger partial charge >= 0.3 is 6.09 Å². The number of methoxy groups -OCH3 is 1. The highest BCUT2D eigenvalue weighted by molar-refractivity contribution is 6.13. The highest BCUT2D eigenvalue weighted by Gasteiger charge is 2.36. The summed E-state index contributed by atoms with van der Waals surface area (Å²) in [5.74, 6) is -1.42. The molecule has 6 aromatic carbocycles. The molecule has 0 fully saturated rings. The molecule has 6 aromatic rings. The van der Waals surface area contributed by atoms with Gasteiger partial charge in [-0.05, 0) is 119 Å². The number of carbonyl (C=O) groups is 9. The molecule has 5 heterocycles. The second-order valence-corrected chi connectivity index (χ2v) is 29.8. The Morgan fingerprint density at radius 3 is 1.50 bits per heavy atom. The number of rotatable bonds is 49. The topological polar surface area (TPSA) is 314 Å². The van der Waals surface area contributed by atoms with Crippen molar-refractivity contribution in [2.24, 2.45) is 21.8 Å². The first-order valence-corrected chi connectivity index (χ1v) is 40.4. The largest absolute Gasteiger partial charge is 0.493 e. The van der Waals surface area contributed by atoms with E-state index >= 15 is 0 Å². The molecule has 28 heteroatoms. The van der Waals surface area contributed by atoms with Gasteiger partial charge in [0.1, 0.15) is 37.1 Å². The van der Waals surface area contributed by atoms with E-state index in [1.165, 1.54) is 35.3 Å². The van der Waals surface area contributed by atoms with Crippen LogP contribution in [0.15, 0.2) is 137 Å². The molecule has 4 atom stereocenters. The number of nitrogens with zero attached hydrogens (tertiary/aromatic N) is 6. The zero-order valence-electron chi connectivity index (χ0n) is 68.1. The number of anilines is 1. The lowest BCUT2D eigenvalue weighted by atomic mass is 9.88. The molecule has 0 spiro atoms. The van der Waals surface area contributed by atoms with Crippen LogP contribution in [0.2, 0.25) is 0 Å². The van der Waals surface area contributed by atoms with Crippen LogP contribution in [0, 0.1) is 18.8 Å². The highest BCUT2D eigenvalue weighted by Crippen LogP contribution is 2.40. The van der Waals surface area contributed by atoms with Gasteiger partial charge in [-0.15, -0.1) is 0 Å². The van der Waals surface area contributed by atoms with Crippen molar-refractivity contribution < 1.29 is 100.0 Å². The number of aliphatic imine (C=N–C) groups is 2. The zero-order valence-corrected chi connectivity index (χ0v) is 68.1. The summed E-state index contributed by atoms with van der Waals surface area (Å²) in [6.07, 6.45) is 7.86. The smallest absolute Gasteiger partial charge is 0.414 e. The molecule has 0 aromatic heterocycles. The van der Waals surface area contributed by atoms with E-state index in [4.69, 9.17) is 66.8 Å². The Labute approximate surface area is 688 Å². The summed E-state index contributed by atoms with van der Waals surface area (Å²) in [7, 11) is 3.12. The van der Waals surface area contributed by atoms with Crippen molar-refractivity contribution in [2.45, 2.75) is 130 Å². The monoisotopic (exact) mass is 1620 g/mol. The van der Waals surface area contributed by atoms with E-state index in [0.717, 1.165) is 21.6 Å². The van der Waals surface area contributed by atoms with Crippen molar-refractivity contribution in [2.75, 3.05) is 131 Å². The number of benzene rings is 6. The third-order valence-electron chi connectivity index (χ3n) is 21.0. The Morgan fingerprint density at radius 1 is 0.508 bits per heavy atom. The molecule has 628 valence electrons. The van der Waals surface area contributed by atoms with Crippen LogP contribution in [-0.4, -0.2) is 225 Å². The van der Waals surface area contributed by atoms with Gasteiger partial charge in [-0.25, -0.2) is 4.79 Å². The predicted molar refractivity (Wildman–Crippen MR) is 438 cm³/mol. The minimum atomic E-state index is -0.837. The zero-order chi connectivity index (χ0) is 83.3. The molecular weight excluding hydrogens is 1520 g/mol. The lowest BCUT2D eigenvalue weighted by Crippen LogP contribution is -2.44. The van der Waals surface area contributed by atoms with Crippen molar-refractivity contribution in [1.82, 2.24) is 20.0 Å². The Hall–Kier alpha value is -10.7. The molecule has 0 bridgehead atoms. The number of carbonyl (C=O) groups excluding carboxylic acids is 9. The van der Waals surface area contributed by atoms with Crippen molar-refractivity contribution in [1.29, 1.82) is 0 Å². The van der Waals surface area contributed by atoms with Gasteiger partial charge in [0, 0.05) is 114 Å². The maximum atomic E-state index is 14.2. The van der Waals surface area contributed by atoms with E-state index < -0.39 is 18.1 Å². The molecule has 11 rings (SSSR count). The number of aryl methyl sites for hydroxylation is 1. The SMILES string of the molecule is COc1cc2c(cc1OCc1cc(COc3cc4c(cc3C)C(=O)N3Cc5ccccc5CC3C=N4)cc(N(C)C(=O)OCc3ccc(CC(=O)[C@H](C)NC(=O)[C@@H](CC(=O)CCOCCOCCOCCOCCOCCOCCOCCOCCCC(=O)CCN4C(=O)C=CC4=O)C(C)C)cc3)c1)N=CC1Cc3ccccc3CN1C2=O. The number of nitrogens with one attached hydrogen (secondary N) is 1. The number of ketones is 3. The van der Waals surface area contributed by atoms with Crippen LogP contribution >= 0.6 is 0 Å². The van der Waals surface area contributed by atoms with E-state index in [1.54, 1.807) is 56.4 Å². The van der Waals surface area contributed by atoms with Gasteiger partial charge < -0.3 is 72.0 Å². The highest BCUT2D eigenvalue weighted by atomic mass is 16.6. The summed E-state index contributed by atoms with van der Waals surface area (Å²) in [5.41, 5.74) is 10.3. The minimum Gasteiger partial charge on any atom is -0.493 e. The third kappa shape index (κ3) is 25.4. The van der Waals surface area contributed by atoms with E-state index in [0.29, 0.717) is 199 Å². The number of imide groups is 1. The van der Waals surface area contributed by atoms with Crippen LogP contribution in [-0.2, 0) is 124 Å². The van der Waals surface area contributed by atoms with E-state index in [1.807, 2.05) is 97.6 Å². The number of hydrogen-bond acceptors (Lipinski definition) is 23.